The van der Waals surface area contributed by atoms with Gasteiger partial charge in [0.2, 0.25) is 0 Å². The van der Waals surface area contributed by atoms with Crippen LogP contribution in [0.5, 0.6) is 0 Å². The number of hydrogen-bond acceptors (Lipinski definition) is 4. The Morgan fingerprint density at radius 3 is 2.70 bits per heavy atom. The van der Waals surface area contributed by atoms with Crippen LogP contribution < -0.4 is 0 Å². The molecule has 0 amide bonds. The van der Waals surface area contributed by atoms with Gasteiger partial charge in [-0.25, -0.2) is 0 Å². The van der Waals surface area contributed by atoms with Gasteiger partial charge in [0.25, 0.3) is 0 Å². The van der Waals surface area contributed by atoms with Crippen LogP contribution in [0.25, 0.3) is 0 Å². The Balaban J connectivity index is 1.75. The molecule has 0 aromatic heterocycles. The molecule has 2 aliphatic rings. The quantitative estimate of drug-likeness (QED) is 0.727. The molecule has 2 atom stereocenters. The van der Waals surface area contributed by atoms with Crippen LogP contribution in [0.4, 0.5) is 0 Å². The van der Waals surface area contributed by atoms with Crippen molar-refractivity contribution in [3.63, 3.8) is 0 Å². The first-order valence-electron chi connectivity index (χ1n) is 7.99. The molecular weight excluding hydrogens is 254 g/mol. The molecule has 1 spiro atoms. The van der Waals surface area contributed by atoms with E-state index in [1.807, 2.05) is 6.92 Å². The molecule has 1 aliphatic carbocycles. The van der Waals surface area contributed by atoms with Crippen molar-refractivity contribution in [2.24, 2.45) is 5.92 Å². The van der Waals surface area contributed by atoms with Gasteiger partial charge >= 0.3 is 5.97 Å². The van der Waals surface area contributed by atoms with Crippen molar-refractivity contribution in [2.75, 3.05) is 27.2 Å². The lowest BCUT2D eigenvalue weighted by atomic mass is 9.83. The largest absolute Gasteiger partial charge is 0.469 e. The topological polar surface area (TPSA) is 38.8 Å². The highest BCUT2D eigenvalue weighted by Gasteiger charge is 2.40. The van der Waals surface area contributed by atoms with Gasteiger partial charge in [-0.1, -0.05) is 26.2 Å². The molecular formula is C16H29NO3. The predicted molar refractivity (Wildman–Crippen MR) is 78.6 cm³/mol. The molecule has 20 heavy (non-hydrogen) atoms. The number of carbonyl (C=O) groups excluding carboxylic acids is 1. The maximum Gasteiger partial charge on any atom is 0.309 e. The molecule has 0 radical (unpaired) electrons. The van der Waals surface area contributed by atoms with Gasteiger partial charge in [-0.05, 0) is 32.7 Å². The molecule has 0 bridgehead atoms. The first kappa shape index (κ1) is 15.8. The van der Waals surface area contributed by atoms with Crippen LogP contribution in [0, 0.1) is 5.92 Å². The number of likely N-dealkylation sites (N-methyl/N-ethyl adjacent to an activating group) is 1. The number of rotatable bonds is 5. The van der Waals surface area contributed by atoms with E-state index < -0.39 is 0 Å². The monoisotopic (exact) mass is 283 g/mol. The first-order valence-corrected chi connectivity index (χ1v) is 7.99. The second-order valence-corrected chi connectivity index (χ2v) is 6.67. The summed E-state index contributed by atoms with van der Waals surface area (Å²) in [5.41, 5.74) is 0.192. The van der Waals surface area contributed by atoms with Gasteiger partial charge in [0.05, 0.1) is 24.7 Å². The zero-order chi connectivity index (χ0) is 14.6. The van der Waals surface area contributed by atoms with Crippen molar-refractivity contribution in [3.8, 4) is 0 Å². The molecule has 1 saturated heterocycles. The Labute approximate surface area is 122 Å². The highest BCUT2D eigenvalue weighted by Crippen LogP contribution is 2.41. The summed E-state index contributed by atoms with van der Waals surface area (Å²) >= 11 is 0. The van der Waals surface area contributed by atoms with Gasteiger partial charge in [0, 0.05) is 13.1 Å². The van der Waals surface area contributed by atoms with Crippen LogP contribution in [0.15, 0.2) is 0 Å². The summed E-state index contributed by atoms with van der Waals surface area (Å²) < 4.78 is 11.1. The Hall–Kier alpha value is -0.610. The van der Waals surface area contributed by atoms with E-state index >= 15 is 0 Å². The lowest BCUT2D eigenvalue weighted by Gasteiger charge is -2.34. The van der Waals surface area contributed by atoms with E-state index in [2.05, 4.69) is 11.9 Å². The van der Waals surface area contributed by atoms with Gasteiger partial charge in [-0.2, -0.15) is 0 Å². The minimum atomic E-state index is -0.132. The van der Waals surface area contributed by atoms with Crippen LogP contribution in [-0.2, 0) is 14.3 Å². The van der Waals surface area contributed by atoms with Crippen molar-refractivity contribution < 1.29 is 14.3 Å². The fourth-order valence-corrected chi connectivity index (χ4v) is 3.75. The first-order chi connectivity index (χ1) is 9.54. The number of esters is 1. The van der Waals surface area contributed by atoms with E-state index in [1.54, 1.807) is 0 Å². The number of methoxy groups -OCH3 is 1. The lowest BCUT2D eigenvalue weighted by molar-refractivity contribution is -0.145. The minimum absolute atomic E-state index is 0.0740. The third kappa shape index (κ3) is 3.95. The van der Waals surface area contributed by atoms with E-state index in [9.17, 15) is 4.79 Å². The van der Waals surface area contributed by atoms with Gasteiger partial charge in [0.15, 0.2) is 0 Å². The SMILES string of the molecule is COC(=O)C(C)CN(C)CC1CCC2(CCCCC2)O1. The highest BCUT2D eigenvalue weighted by atomic mass is 16.5. The normalized spacial score (nSPS) is 26.9. The second kappa shape index (κ2) is 6.90. The molecule has 2 rings (SSSR count). The molecule has 0 N–H and O–H groups in total. The van der Waals surface area contributed by atoms with E-state index in [-0.39, 0.29) is 17.5 Å². The summed E-state index contributed by atoms with van der Waals surface area (Å²) in [6.07, 6.45) is 9.21. The van der Waals surface area contributed by atoms with Crippen molar-refractivity contribution in [3.05, 3.63) is 0 Å². The Morgan fingerprint density at radius 1 is 1.35 bits per heavy atom. The number of carbonyl (C=O) groups is 1. The summed E-state index contributed by atoms with van der Waals surface area (Å²) in [6, 6.07) is 0. The molecule has 1 heterocycles. The van der Waals surface area contributed by atoms with Gasteiger partial charge in [0.1, 0.15) is 0 Å². The summed E-state index contributed by atoms with van der Waals surface area (Å²) in [4.78, 5) is 13.6. The molecule has 1 aliphatic heterocycles. The lowest BCUT2D eigenvalue weighted by Crippen LogP contribution is -2.37. The number of ether oxygens (including phenoxy) is 2. The standard InChI is InChI=1S/C16H29NO3/c1-13(15(18)19-3)11-17(2)12-14-7-10-16(20-14)8-5-4-6-9-16/h13-14H,4-12H2,1-3H3. The summed E-state index contributed by atoms with van der Waals surface area (Å²) in [5.74, 6) is -0.206. The van der Waals surface area contributed by atoms with Crippen LogP contribution in [0.2, 0.25) is 0 Å². The summed E-state index contributed by atoms with van der Waals surface area (Å²) in [7, 11) is 3.51. The Morgan fingerprint density at radius 2 is 2.05 bits per heavy atom. The zero-order valence-electron chi connectivity index (χ0n) is 13.2. The molecule has 4 heteroatoms. The molecule has 2 fully saturated rings. The molecule has 1 saturated carbocycles. The Bertz CT molecular complexity index is 326. The van der Waals surface area contributed by atoms with Crippen molar-refractivity contribution >= 4 is 5.97 Å². The van der Waals surface area contributed by atoms with Crippen molar-refractivity contribution in [1.29, 1.82) is 0 Å². The Kier molecular flexibility index (Phi) is 5.44. The number of hydrogen-bond donors (Lipinski definition) is 0. The third-order valence-electron chi connectivity index (χ3n) is 4.81. The zero-order valence-corrected chi connectivity index (χ0v) is 13.2. The van der Waals surface area contributed by atoms with E-state index in [1.165, 1.54) is 45.6 Å². The van der Waals surface area contributed by atoms with Crippen LogP contribution in [0.1, 0.15) is 51.9 Å². The third-order valence-corrected chi connectivity index (χ3v) is 4.81. The minimum Gasteiger partial charge on any atom is -0.469 e. The highest BCUT2D eigenvalue weighted by molar-refractivity contribution is 5.72. The predicted octanol–water partition coefficient (Wildman–Crippen LogP) is 2.61. The smallest absolute Gasteiger partial charge is 0.309 e. The fourth-order valence-electron chi connectivity index (χ4n) is 3.75. The van der Waals surface area contributed by atoms with Gasteiger partial charge in [-0.15, -0.1) is 0 Å². The maximum atomic E-state index is 11.4. The summed E-state index contributed by atoms with van der Waals surface area (Å²) in [6.45, 7) is 3.57. The average Bonchev–Trinajstić information content (AvgIpc) is 2.80. The molecule has 4 nitrogen and oxygen atoms in total. The summed E-state index contributed by atoms with van der Waals surface area (Å²) in [5, 5.41) is 0. The van der Waals surface area contributed by atoms with E-state index in [0.717, 1.165) is 19.5 Å². The van der Waals surface area contributed by atoms with Crippen molar-refractivity contribution in [2.45, 2.75) is 63.6 Å². The average molecular weight is 283 g/mol. The second-order valence-electron chi connectivity index (χ2n) is 6.67. The van der Waals surface area contributed by atoms with Gasteiger partial charge in [-0.3, -0.25) is 4.79 Å². The molecule has 0 aromatic carbocycles. The molecule has 2 unspecified atom stereocenters. The van der Waals surface area contributed by atoms with Crippen molar-refractivity contribution in [1.82, 2.24) is 4.90 Å². The fraction of sp³-hybridized carbons (Fsp3) is 0.938. The maximum absolute atomic E-state index is 11.4. The van der Waals surface area contributed by atoms with E-state index in [0.29, 0.717) is 6.10 Å². The molecule has 0 aromatic rings. The van der Waals surface area contributed by atoms with Crippen LogP contribution in [-0.4, -0.2) is 49.8 Å². The van der Waals surface area contributed by atoms with Crippen LogP contribution >= 0.6 is 0 Å². The van der Waals surface area contributed by atoms with Crippen LogP contribution in [0.3, 0.4) is 0 Å². The van der Waals surface area contributed by atoms with Gasteiger partial charge < -0.3 is 14.4 Å². The number of nitrogens with zero attached hydrogens (tertiary/aromatic N) is 1. The van der Waals surface area contributed by atoms with E-state index in [4.69, 9.17) is 9.47 Å². The molecule has 116 valence electrons.